The Balaban J connectivity index is 2.15. The van der Waals surface area contributed by atoms with Gasteiger partial charge in [0.25, 0.3) is 0 Å². The van der Waals surface area contributed by atoms with Gasteiger partial charge in [0.2, 0.25) is 0 Å². The van der Waals surface area contributed by atoms with Crippen LogP contribution in [0.1, 0.15) is 26.3 Å². The van der Waals surface area contributed by atoms with Crippen molar-refractivity contribution in [3.63, 3.8) is 0 Å². The van der Waals surface area contributed by atoms with Gasteiger partial charge in [0, 0.05) is 5.30 Å². The maximum absolute atomic E-state index is 5.98. The molecule has 0 aliphatic heterocycles. The highest BCUT2D eigenvalue weighted by atomic mass is 31.1. The summed E-state index contributed by atoms with van der Waals surface area (Å²) in [6.45, 7) is 6.63. The van der Waals surface area contributed by atoms with E-state index in [0.717, 1.165) is 5.75 Å². The average Bonchev–Trinajstić information content (AvgIpc) is 2.37. The van der Waals surface area contributed by atoms with E-state index in [9.17, 15) is 0 Å². The number of benzene rings is 2. The van der Waals surface area contributed by atoms with Crippen LogP contribution in [0.15, 0.2) is 54.6 Å². The molecule has 0 fully saturated rings. The summed E-state index contributed by atoms with van der Waals surface area (Å²) in [6, 6.07) is 18.6. The second kappa shape index (κ2) is 5.54. The molecule has 0 radical (unpaired) electrons. The van der Waals surface area contributed by atoms with Crippen LogP contribution in [-0.2, 0) is 5.41 Å². The van der Waals surface area contributed by atoms with Crippen LogP contribution >= 0.6 is 8.81 Å². The topological polar surface area (TPSA) is 9.23 Å². The summed E-state index contributed by atoms with van der Waals surface area (Å²) in [7, 11) is 0.357. The normalized spacial score (nSPS) is 11.9. The van der Waals surface area contributed by atoms with E-state index in [-0.39, 0.29) is 5.41 Å². The Morgan fingerprint density at radius 2 is 1.44 bits per heavy atom. The lowest BCUT2D eigenvalue weighted by atomic mass is 9.86. The van der Waals surface area contributed by atoms with Gasteiger partial charge in [0.15, 0.2) is 0 Å². The molecule has 0 N–H and O–H groups in total. The third kappa shape index (κ3) is 3.34. The smallest absolute Gasteiger partial charge is 0.127 e. The van der Waals surface area contributed by atoms with E-state index in [1.54, 1.807) is 0 Å². The molecule has 0 aliphatic carbocycles. The maximum Gasteiger partial charge on any atom is 0.127 e. The van der Waals surface area contributed by atoms with Crippen molar-refractivity contribution < 1.29 is 4.52 Å². The van der Waals surface area contributed by atoms with Crippen molar-refractivity contribution in [2.24, 2.45) is 0 Å². The lowest BCUT2D eigenvalue weighted by Gasteiger charge is -2.22. The molecule has 0 aromatic heterocycles. The minimum absolute atomic E-state index is 0.109. The first-order valence-electron chi connectivity index (χ1n) is 6.15. The Hall–Kier alpha value is -1.33. The Bertz CT molecular complexity index is 500. The number of rotatable bonds is 3. The molecule has 0 bridgehead atoms. The zero-order valence-electron chi connectivity index (χ0n) is 11.1. The zero-order valence-corrected chi connectivity index (χ0v) is 12.1. The lowest BCUT2D eigenvalue weighted by molar-refractivity contribution is 0.543. The Kier molecular flexibility index (Phi) is 4.04. The van der Waals surface area contributed by atoms with Crippen LogP contribution in [0.4, 0.5) is 0 Å². The van der Waals surface area contributed by atoms with Crippen LogP contribution in [0, 0.1) is 0 Å². The Morgan fingerprint density at radius 3 is 2.11 bits per heavy atom. The van der Waals surface area contributed by atoms with Gasteiger partial charge in [-0.1, -0.05) is 69.3 Å². The lowest BCUT2D eigenvalue weighted by Crippen LogP contribution is -2.12. The first-order valence-corrected chi connectivity index (χ1v) is 7.05. The van der Waals surface area contributed by atoms with E-state index in [4.69, 9.17) is 4.52 Å². The molecule has 0 heterocycles. The van der Waals surface area contributed by atoms with Crippen LogP contribution in [0.25, 0.3) is 0 Å². The summed E-state index contributed by atoms with van der Waals surface area (Å²) in [5.74, 6) is 0.993. The molecule has 0 saturated heterocycles. The predicted octanol–water partition coefficient (Wildman–Crippen LogP) is 4.28. The standard InChI is InChI=1S/C16H19OP/c1-16(2,3)14-11-7-8-12-15(14)17-18-13-9-5-4-6-10-13/h4-12,18H,1-3H3. The third-order valence-electron chi connectivity index (χ3n) is 2.75. The molecule has 1 atom stereocenters. The van der Waals surface area contributed by atoms with Crippen molar-refractivity contribution in [1.29, 1.82) is 0 Å². The molecular weight excluding hydrogens is 239 g/mol. The quantitative estimate of drug-likeness (QED) is 0.746. The van der Waals surface area contributed by atoms with Crippen molar-refractivity contribution in [2.45, 2.75) is 26.2 Å². The molecule has 1 nitrogen and oxygen atoms in total. The van der Waals surface area contributed by atoms with Crippen molar-refractivity contribution in [3.05, 3.63) is 60.2 Å². The maximum atomic E-state index is 5.98. The fourth-order valence-corrected chi connectivity index (χ4v) is 2.53. The molecule has 0 saturated carbocycles. The largest absolute Gasteiger partial charge is 0.472 e. The summed E-state index contributed by atoms with van der Waals surface area (Å²) in [6.07, 6.45) is 0. The van der Waals surface area contributed by atoms with Gasteiger partial charge in [-0.25, -0.2) is 0 Å². The van der Waals surface area contributed by atoms with Crippen LogP contribution in [-0.4, -0.2) is 0 Å². The molecule has 0 aliphatic rings. The fourth-order valence-electron chi connectivity index (χ4n) is 1.80. The van der Waals surface area contributed by atoms with Crippen LogP contribution in [0.5, 0.6) is 5.75 Å². The minimum atomic E-state index is 0.109. The van der Waals surface area contributed by atoms with E-state index >= 15 is 0 Å². The van der Waals surface area contributed by atoms with Gasteiger partial charge in [-0.3, -0.25) is 0 Å². The summed E-state index contributed by atoms with van der Waals surface area (Å²) in [4.78, 5) is 0. The Morgan fingerprint density at radius 1 is 0.833 bits per heavy atom. The van der Waals surface area contributed by atoms with Crippen molar-refractivity contribution in [1.82, 2.24) is 0 Å². The zero-order chi connectivity index (χ0) is 13.0. The Labute approximate surface area is 111 Å². The van der Waals surface area contributed by atoms with Crippen LogP contribution in [0.3, 0.4) is 0 Å². The molecular formula is C16H19OP. The van der Waals surface area contributed by atoms with E-state index in [1.165, 1.54) is 10.9 Å². The average molecular weight is 258 g/mol. The number of para-hydroxylation sites is 1. The number of hydrogen-bond donors (Lipinski definition) is 0. The highest BCUT2D eigenvalue weighted by molar-refractivity contribution is 7.42. The summed E-state index contributed by atoms with van der Waals surface area (Å²) in [5, 5.41) is 1.22. The van der Waals surface area contributed by atoms with Gasteiger partial charge in [0.1, 0.15) is 14.6 Å². The fraction of sp³-hybridized carbons (Fsp3) is 0.250. The van der Waals surface area contributed by atoms with Gasteiger partial charge in [0.05, 0.1) is 0 Å². The molecule has 2 aromatic rings. The van der Waals surface area contributed by atoms with E-state index in [1.807, 2.05) is 24.3 Å². The molecule has 94 valence electrons. The molecule has 0 spiro atoms. The van der Waals surface area contributed by atoms with Gasteiger partial charge in [-0.05, 0) is 17.0 Å². The summed E-state index contributed by atoms with van der Waals surface area (Å²) >= 11 is 0. The highest BCUT2D eigenvalue weighted by Crippen LogP contribution is 2.33. The van der Waals surface area contributed by atoms with E-state index in [2.05, 4.69) is 51.1 Å². The van der Waals surface area contributed by atoms with Gasteiger partial charge in [-0.15, -0.1) is 0 Å². The second-order valence-electron chi connectivity index (χ2n) is 5.32. The predicted molar refractivity (Wildman–Crippen MR) is 80.2 cm³/mol. The summed E-state index contributed by atoms with van der Waals surface area (Å²) < 4.78 is 5.98. The van der Waals surface area contributed by atoms with Gasteiger partial charge < -0.3 is 4.52 Å². The third-order valence-corrected chi connectivity index (χ3v) is 3.64. The first kappa shape index (κ1) is 13.1. The molecule has 18 heavy (non-hydrogen) atoms. The molecule has 1 unspecified atom stereocenters. The van der Waals surface area contributed by atoms with Crippen LogP contribution < -0.4 is 9.83 Å². The monoisotopic (exact) mass is 258 g/mol. The molecule has 2 aromatic carbocycles. The van der Waals surface area contributed by atoms with Gasteiger partial charge in [-0.2, -0.15) is 0 Å². The van der Waals surface area contributed by atoms with Crippen molar-refractivity contribution in [3.8, 4) is 5.75 Å². The van der Waals surface area contributed by atoms with Crippen LogP contribution in [0.2, 0.25) is 0 Å². The highest BCUT2D eigenvalue weighted by Gasteiger charge is 2.18. The van der Waals surface area contributed by atoms with Gasteiger partial charge >= 0.3 is 0 Å². The minimum Gasteiger partial charge on any atom is -0.472 e. The summed E-state index contributed by atoms with van der Waals surface area (Å²) in [5.41, 5.74) is 1.37. The van der Waals surface area contributed by atoms with Crippen molar-refractivity contribution in [2.75, 3.05) is 0 Å². The van der Waals surface area contributed by atoms with Crippen molar-refractivity contribution >= 4 is 14.1 Å². The SMILES string of the molecule is CC(C)(C)c1ccccc1OPc1ccccc1. The molecule has 0 amide bonds. The molecule has 2 heteroatoms. The first-order chi connectivity index (χ1) is 8.57. The number of hydrogen-bond acceptors (Lipinski definition) is 1. The molecule has 2 rings (SSSR count). The van der Waals surface area contributed by atoms with E-state index < -0.39 is 0 Å². The van der Waals surface area contributed by atoms with E-state index in [0.29, 0.717) is 8.81 Å². The second-order valence-corrected chi connectivity index (χ2v) is 6.30.